The lowest BCUT2D eigenvalue weighted by Gasteiger charge is -2.06. The molecule has 2 unspecified atom stereocenters. The highest BCUT2D eigenvalue weighted by Crippen LogP contribution is 2.15. The van der Waals surface area contributed by atoms with Crippen molar-refractivity contribution in [3.8, 4) is 0 Å². The van der Waals surface area contributed by atoms with Crippen molar-refractivity contribution in [3.05, 3.63) is 48.6 Å². The summed E-state index contributed by atoms with van der Waals surface area (Å²) in [6, 6.07) is 9.16. The Labute approximate surface area is 68.4 Å². The first-order valence-corrected chi connectivity index (χ1v) is 3.53. The minimum Gasteiger partial charge on any atom is -0.388 e. The predicted octanol–water partition coefficient (Wildman–Crippen LogP) is 2.30. The lowest BCUT2D eigenvalue weighted by Crippen LogP contribution is -1.93. The van der Waals surface area contributed by atoms with Gasteiger partial charge in [-0.25, -0.2) is 0 Å². The molecule has 0 aliphatic rings. The van der Waals surface area contributed by atoms with Gasteiger partial charge < -0.3 is 5.11 Å². The first-order valence-electron chi connectivity index (χ1n) is 4.11. The number of hydrogen-bond acceptors (Lipinski definition) is 1. The maximum atomic E-state index is 9.53. The average molecular weight is 149 g/mol. The fourth-order valence-corrected chi connectivity index (χ4v) is 0.890. The van der Waals surface area contributed by atoms with E-state index in [1.54, 1.807) is 12.1 Å². The molecule has 2 atom stereocenters. The van der Waals surface area contributed by atoms with E-state index in [1.165, 1.54) is 6.08 Å². The number of hydrogen-bond donors (Lipinski definition) is 1. The Hall–Kier alpha value is -1.08. The molecule has 1 rings (SSSR count). The number of aliphatic hydroxyl groups is 1. The normalized spacial score (nSPS) is 16.6. The molecule has 0 fully saturated rings. The lowest BCUT2D eigenvalue weighted by atomic mass is 10.1. The summed E-state index contributed by atoms with van der Waals surface area (Å²) in [6.07, 6.45) is 0.0219. The quantitative estimate of drug-likeness (QED) is 0.654. The fourth-order valence-electron chi connectivity index (χ4n) is 0.890. The predicted molar refractivity (Wildman–Crippen MR) is 46.2 cm³/mol. The van der Waals surface area contributed by atoms with Gasteiger partial charge in [0.25, 0.3) is 0 Å². The Kier molecular flexibility index (Phi) is 2.37. The van der Waals surface area contributed by atoms with Crippen LogP contribution in [0.3, 0.4) is 0 Å². The first-order chi connectivity index (χ1) is 5.75. The molecular formula is C10H12O. The molecule has 0 aliphatic heterocycles. The topological polar surface area (TPSA) is 20.2 Å². The van der Waals surface area contributed by atoms with Crippen LogP contribution in [-0.4, -0.2) is 5.11 Å². The Morgan fingerprint density at radius 2 is 2.18 bits per heavy atom. The van der Waals surface area contributed by atoms with E-state index in [9.17, 15) is 5.11 Å². The van der Waals surface area contributed by atoms with Crippen molar-refractivity contribution in [1.29, 1.82) is 0 Å². The monoisotopic (exact) mass is 149 g/mol. The van der Waals surface area contributed by atoms with Gasteiger partial charge in [-0.3, -0.25) is 0 Å². The van der Waals surface area contributed by atoms with Crippen molar-refractivity contribution in [2.75, 3.05) is 0 Å². The zero-order valence-corrected chi connectivity index (χ0v) is 6.27. The van der Waals surface area contributed by atoms with Crippen LogP contribution in [-0.2, 0) is 0 Å². The molecule has 0 aliphatic carbocycles. The molecule has 11 heavy (non-hydrogen) atoms. The maximum absolute atomic E-state index is 9.53. The van der Waals surface area contributed by atoms with Crippen molar-refractivity contribution in [3.63, 3.8) is 0 Å². The van der Waals surface area contributed by atoms with Crippen LogP contribution < -0.4 is 0 Å². The summed E-state index contributed by atoms with van der Waals surface area (Å²) in [7, 11) is 0. The molecule has 0 amide bonds. The minimum atomic E-state index is -0.760. The molecule has 0 heterocycles. The van der Waals surface area contributed by atoms with Gasteiger partial charge >= 0.3 is 0 Å². The molecule has 0 saturated carbocycles. The summed E-state index contributed by atoms with van der Waals surface area (Å²) in [4.78, 5) is 0. The zero-order valence-electron chi connectivity index (χ0n) is 7.27. The van der Waals surface area contributed by atoms with E-state index in [4.69, 9.17) is 1.37 Å². The van der Waals surface area contributed by atoms with Gasteiger partial charge in [0.15, 0.2) is 0 Å². The highest BCUT2D eigenvalue weighted by atomic mass is 16.3. The van der Waals surface area contributed by atoms with Crippen molar-refractivity contribution in [2.45, 2.75) is 12.5 Å². The van der Waals surface area contributed by atoms with Gasteiger partial charge in [-0.05, 0) is 12.0 Å². The fraction of sp³-hybridized carbons (Fsp3) is 0.200. The summed E-state index contributed by atoms with van der Waals surface area (Å²) in [5.74, 6) is 0. The highest BCUT2D eigenvalue weighted by molar-refractivity contribution is 5.17. The van der Waals surface area contributed by atoms with Gasteiger partial charge in [-0.1, -0.05) is 36.4 Å². The number of aliphatic hydroxyl groups excluding tert-OH is 1. The van der Waals surface area contributed by atoms with Crippen LogP contribution in [0.2, 0.25) is 0 Å². The second-order valence-electron chi connectivity index (χ2n) is 2.28. The minimum absolute atomic E-state index is 0.646. The van der Waals surface area contributed by atoms with E-state index in [1.807, 2.05) is 18.2 Å². The molecule has 0 saturated heterocycles. The maximum Gasteiger partial charge on any atom is 0.0824 e. The highest BCUT2D eigenvalue weighted by Gasteiger charge is 2.02. The van der Waals surface area contributed by atoms with Gasteiger partial charge in [-0.15, -0.1) is 6.58 Å². The van der Waals surface area contributed by atoms with Crippen molar-refractivity contribution in [2.24, 2.45) is 0 Å². The summed E-state index contributed by atoms with van der Waals surface area (Å²) in [6.45, 7) is 3.46. The van der Waals surface area contributed by atoms with E-state index in [0.717, 1.165) is 5.56 Å². The second-order valence-corrected chi connectivity index (χ2v) is 2.28. The van der Waals surface area contributed by atoms with Gasteiger partial charge in [0.2, 0.25) is 0 Å². The molecule has 58 valence electrons. The molecule has 1 heteroatoms. The molecule has 1 aromatic rings. The Morgan fingerprint density at radius 3 is 2.73 bits per heavy atom. The third-order valence-corrected chi connectivity index (χ3v) is 1.46. The Balaban J connectivity index is 2.78. The molecule has 0 bridgehead atoms. The van der Waals surface area contributed by atoms with E-state index in [2.05, 4.69) is 6.58 Å². The standard InChI is InChI=1S/C10H12O/c1-2-6-10(11)9-7-4-3-5-8-9/h2-5,7-8,10-11H,1,6H2/i6D. The van der Waals surface area contributed by atoms with Gasteiger partial charge in [0.1, 0.15) is 0 Å². The van der Waals surface area contributed by atoms with Crippen molar-refractivity contribution in [1.82, 2.24) is 0 Å². The van der Waals surface area contributed by atoms with Crippen LogP contribution in [0.1, 0.15) is 19.4 Å². The van der Waals surface area contributed by atoms with Crippen LogP contribution in [0.25, 0.3) is 0 Å². The molecule has 1 N–H and O–H groups in total. The van der Waals surface area contributed by atoms with Gasteiger partial charge in [-0.2, -0.15) is 0 Å². The molecular weight excluding hydrogens is 136 g/mol. The van der Waals surface area contributed by atoms with Crippen LogP contribution in [0, 0.1) is 0 Å². The average Bonchev–Trinajstić information content (AvgIpc) is 2.17. The van der Waals surface area contributed by atoms with Crippen molar-refractivity contribution >= 4 is 0 Å². The van der Waals surface area contributed by atoms with Gasteiger partial charge in [0, 0.05) is 1.37 Å². The SMILES string of the molecule is [2H]C(C=C)C(O)c1ccccc1. The summed E-state index contributed by atoms with van der Waals surface area (Å²) >= 11 is 0. The summed E-state index contributed by atoms with van der Waals surface area (Å²) < 4.78 is 7.40. The Morgan fingerprint density at radius 1 is 1.55 bits per heavy atom. The second kappa shape index (κ2) is 3.94. The molecule has 0 spiro atoms. The third-order valence-electron chi connectivity index (χ3n) is 1.46. The summed E-state index contributed by atoms with van der Waals surface area (Å²) in [5.41, 5.74) is 0.761. The van der Waals surface area contributed by atoms with Gasteiger partial charge in [0.05, 0.1) is 6.10 Å². The van der Waals surface area contributed by atoms with Crippen LogP contribution in [0.5, 0.6) is 0 Å². The van der Waals surface area contributed by atoms with E-state index in [0.29, 0.717) is 0 Å². The molecule has 1 nitrogen and oxygen atoms in total. The number of rotatable bonds is 3. The third kappa shape index (κ3) is 2.20. The van der Waals surface area contributed by atoms with Crippen molar-refractivity contribution < 1.29 is 6.48 Å². The van der Waals surface area contributed by atoms with E-state index >= 15 is 0 Å². The Bertz CT molecular complexity index is 245. The first kappa shape index (κ1) is 6.62. The van der Waals surface area contributed by atoms with Crippen LogP contribution >= 0.6 is 0 Å². The van der Waals surface area contributed by atoms with Crippen LogP contribution in [0.15, 0.2) is 43.0 Å². The molecule has 0 aromatic heterocycles. The smallest absolute Gasteiger partial charge is 0.0824 e. The zero-order chi connectivity index (χ0) is 8.97. The van der Waals surface area contributed by atoms with Crippen LogP contribution in [0.4, 0.5) is 0 Å². The largest absolute Gasteiger partial charge is 0.388 e. The number of benzene rings is 1. The summed E-state index contributed by atoms with van der Waals surface area (Å²) in [5, 5.41) is 9.53. The lowest BCUT2D eigenvalue weighted by molar-refractivity contribution is 0.181. The van der Waals surface area contributed by atoms with E-state index < -0.39 is 12.5 Å². The van der Waals surface area contributed by atoms with E-state index in [-0.39, 0.29) is 0 Å². The molecule has 1 aromatic carbocycles. The molecule has 0 radical (unpaired) electrons.